The molecule has 2 aromatic rings. The summed E-state index contributed by atoms with van der Waals surface area (Å²) < 4.78 is 68.9. The zero-order valence-electron chi connectivity index (χ0n) is 15.5. The topological polar surface area (TPSA) is 37.4 Å². The summed E-state index contributed by atoms with van der Waals surface area (Å²) in [6.45, 7) is -0.00554. The molecule has 0 aromatic heterocycles. The van der Waals surface area contributed by atoms with Crippen molar-refractivity contribution in [2.75, 3.05) is 6.54 Å². The minimum absolute atomic E-state index is 0.00554. The van der Waals surface area contributed by atoms with Crippen LogP contribution in [0.1, 0.15) is 30.4 Å². The Labute approximate surface area is 191 Å². The van der Waals surface area contributed by atoms with Gasteiger partial charge in [-0.1, -0.05) is 23.7 Å². The molecule has 9 heteroatoms. The van der Waals surface area contributed by atoms with Crippen LogP contribution in [-0.2, 0) is 16.2 Å². The molecule has 0 N–H and O–H groups in total. The van der Waals surface area contributed by atoms with E-state index < -0.39 is 21.8 Å². The van der Waals surface area contributed by atoms with E-state index in [9.17, 15) is 21.6 Å². The fourth-order valence-corrected chi connectivity index (χ4v) is 5.86. The summed E-state index contributed by atoms with van der Waals surface area (Å²) in [4.78, 5) is 0.155. The number of nitrogens with zero attached hydrogens (tertiary/aromatic N) is 1. The van der Waals surface area contributed by atoms with Gasteiger partial charge in [0.15, 0.2) is 0 Å². The highest BCUT2D eigenvalue weighted by molar-refractivity contribution is 14.1. The normalized spacial score (nSPS) is 17.2. The molecular weight excluding hydrogens is 550 g/mol. The average Bonchev–Trinajstić information content (AvgIpc) is 3.08. The lowest BCUT2D eigenvalue weighted by molar-refractivity contribution is -0.137. The third-order valence-corrected chi connectivity index (χ3v) is 8.06. The lowest BCUT2D eigenvalue weighted by Gasteiger charge is -2.24. The van der Waals surface area contributed by atoms with Crippen LogP contribution in [0.15, 0.2) is 64.7 Å². The maximum Gasteiger partial charge on any atom is 0.417 e. The molecule has 4 rings (SSSR count). The van der Waals surface area contributed by atoms with E-state index in [2.05, 4.69) is 22.6 Å². The summed E-state index contributed by atoms with van der Waals surface area (Å²) >= 11 is 7.86. The summed E-state index contributed by atoms with van der Waals surface area (Å²) in [7, 11) is -3.84. The smallest absolute Gasteiger partial charge is 0.262 e. The second-order valence-electron chi connectivity index (χ2n) is 7.10. The quantitative estimate of drug-likeness (QED) is 0.399. The largest absolute Gasteiger partial charge is 0.417 e. The van der Waals surface area contributed by atoms with Gasteiger partial charge >= 0.3 is 6.18 Å². The zero-order chi connectivity index (χ0) is 21.7. The minimum atomic E-state index is -4.59. The Bertz CT molecular complexity index is 1170. The second-order valence-corrected chi connectivity index (χ2v) is 10.6. The van der Waals surface area contributed by atoms with Crippen molar-refractivity contribution in [3.8, 4) is 0 Å². The van der Waals surface area contributed by atoms with E-state index in [0.29, 0.717) is 23.3 Å². The van der Waals surface area contributed by atoms with Crippen molar-refractivity contribution in [1.29, 1.82) is 0 Å². The van der Waals surface area contributed by atoms with Crippen LogP contribution < -0.4 is 0 Å². The maximum atomic E-state index is 13.3. The first-order valence-corrected chi connectivity index (χ1v) is 12.1. The van der Waals surface area contributed by atoms with Crippen LogP contribution in [0, 0.1) is 3.57 Å². The van der Waals surface area contributed by atoms with Gasteiger partial charge in [0, 0.05) is 3.57 Å². The van der Waals surface area contributed by atoms with Crippen LogP contribution in [0.3, 0.4) is 0 Å². The summed E-state index contributed by atoms with van der Waals surface area (Å²) in [5, 5.41) is -0.377. The van der Waals surface area contributed by atoms with Crippen LogP contribution in [0.2, 0.25) is 5.02 Å². The van der Waals surface area contributed by atoms with Gasteiger partial charge in [-0.05, 0) is 95.0 Å². The Hall–Kier alpha value is -1.52. The Kier molecular flexibility index (Phi) is 5.69. The summed E-state index contributed by atoms with van der Waals surface area (Å²) in [6, 6.07) is 10.3. The fourth-order valence-electron chi connectivity index (χ4n) is 3.79. The monoisotopic (exact) mass is 565 g/mol. The Morgan fingerprint density at radius 3 is 2.40 bits per heavy atom. The van der Waals surface area contributed by atoms with Gasteiger partial charge in [-0.2, -0.15) is 13.2 Å². The van der Waals surface area contributed by atoms with Crippen molar-refractivity contribution >= 4 is 49.8 Å². The molecule has 1 aliphatic heterocycles. The van der Waals surface area contributed by atoms with Crippen LogP contribution in [-0.4, -0.2) is 19.3 Å². The van der Waals surface area contributed by atoms with Crippen molar-refractivity contribution in [2.24, 2.45) is 0 Å². The van der Waals surface area contributed by atoms with Gasteiger partial charge < -0.3 is 0 Å². The van der Waals surface area contributed by atoms with Gasteiger partial charge in [0.1, 0.15) is 0 Å². The van der Waals surface area contributed by atoms with E-state index in [1.54, 1.807) is 24.3 Å². The molecule has 0 fully saturated rings. The van der Waals surface area contributed by atoms with Gasteiger partial charge in [-0.3, -0.25) is 4.31 Å². The third-order valence-electron chi connectivity index (χ3n) is 5.23. The highest BCUT2D eigenvalue weighted by Crippen LogP contribution is 2.44. The Balaban J connectivity index is 1.79. The molecule has 3 nitrogen and oxygen atoms in total. The first-order chi connectivity index (χ1) is 14.1. The van der Waals surface area contributed by atoms with Crippen molar-refractivity contribution in [1.82, 2.24) is 4.31 Å². The van der Waals surface area contributed by atoms with Gasteiger partial charge in [-0.25, -0.2) is 8.42 Å². The van der Waals surface area contributed by atoms with E-state index in [-0.39, 0.29) is 16.5 Å². The number of alkyl halides is 3. The van der Waals surface area contributed by atoms with E-state index in [0.717, 1.165) is 28.1 Å². The standard InChI is InChI=1S/C21H16ClF3INO2S/c22-19-10-5-13(11-18(19)21(23,24)25)17-12-27(20-4-2-1-3-16(17)20)30(28,29)15-8-6-14(26)7-9-15/h4-11H,1-3,12H2. The molecule has 0 atom stereocenters. The van der Waals surface area contributed by atoms with Crippen LogP contribution in [0.25, 0.3) is 5.57 Å². The van der Waals surface area contributed by atoms with Crippen molar-refractivity contribution in [2.45, 2.75) is 30.3 Å². The van der Waals surface area contributed by atoms with Gasteiger partial charge in [0.05, 0.1) is 27.7 Å². The van der Waals surface area contributed by atoms with Crippen molar-refractivity contribution in [3.63, 3.8) is 0 Å². The second kappa shape index (κ2) is 7.87. The third kappa shape index (κ3) is 3.89. The van der Waals surface area contributed by atoms with Gasteiger partial charge in [0.25, 0.3) is 10.0 Å². The molecule has 1 aliphatic carbocycles. The zero-order valence-corrected chi connectivity index (χ0v) is 19.2. The van der Waals surface area contributed by atoms with E-state index in [4.69, 9.17) is 11.6 Å². The first-order valence-electron chi connectivity index (χ1n) is 9.17. The number of fused-ring (bicyclic) bond motifs is 1. The number of hydrogen-bond acceptors (Lipinski definition) is 2. The van der Waals surface area contributed by atoms with Crippen molar-refractivity contribution in [3.05, 3.63) is 79.5 Å². The molecule has 0 spiro atoms. The van der Waals surface area contributed by atoms with Gasteiger partial charge in [0.2, 0.25) is 0 Å². The molecule has 30 heavy (non-hydrogen) atoms. The van der Waals surface area contributed by atoms with Crippen LogP contribution in [0.5, 0.6) is 0 Å². The SMILES string of the molecule is O=S(=O)(c1ccc(I)cc1)N1CC(c2ccc(Cl)c(C(F)(F)F)c2)=C2CCCC=C21. The molecule has 0 amide bonds. The summed E-state index contributed by atoms with van der Waals surface area (Å²) in [5.74, 6) is 0. The maximum absolute atomic E-state index is 13.3. The first kappa shape index (κ1) is 21.7. The van der Waals surface area contributed by atoms with Crippen molar-refractivity contribution < 1.29 is 21.6 Å². The molecule has 0 saturated heterocycles. The summed E-state index contributed by atoms with van der Waals surface area (Å²) in [6.07, 6.45) is -0.575. The van der Waals surface area contributed by atoms with Crippen LogP contribution >= 0.6 is 34.2 Å². The number of hydrogen-bond donors (Lipinski definition) is 0. The summed E-state index contributed by atoms with van der Waals surface area (Å²) in [5.41, 5.74) is 1.37. The lowest BCUT2D eigenvalue weighted by atomic mass is 9.93. The van der Waals surface area contributed by atoms with E-state index in [1.807, 2.05) is 6.08 Å². The molecule has 2 aromatic carbocycles. The highest BCUT2D eigenvalue weighted by atomic mass is 127. The number of rotatable bonds is 3. The predicted molar refractivity (Wildman–Crippen MR) is 118 cm³/mol. The number of sulfonamides is 1. The number of benzene rings is 2. The molecule has 0 radical (unpaired) electrons. The molecular formula is C21H16ClF3INO2S. The van der Waals surface area contributed by atoms with E-state index >= 15 is 0 Å². The molecule has 1 heterocycles. The number of allylic oxidation sites excluding steroid dienone is 2. The molecule has 0 saturated carbocycles. The Morgan fingerprint density at radius 2 is 1.73 bits per heavy atom. The average molecular weight is 566 g/mol. The highest BCUT2D eigenvalue weighted by Gasteiger charge is 2.38. The molecule has 2 aliphatic rings. The number of halogens is 5. The fraction of sp³-hybridized carbons (Fsp3) is 0.238. The molecule has 158 valence electrons. The lowest BCUT2D eigenvalue weighted by Crippen LogP contribution is -2.28. The minimum Gasteiger partial charge on any atom is -0.262 e. The predicted octanol–water partition coefficient (Wildman–Crippen LogP) is 6.49. The van der Waals surface area contributed by atoms with E-state index in [1.165, 1.54) is 16.4 Å². The molecule has 0 unspecified atom stereocenters. The Morgan fingerprint density at radius 1 is 1.03 bits per heavy atom. The van der Waals surface area contributed by atoms with Crippen LogP contribution in [0.4, 0.5) is 13.2 Å². The molecule has 0 bridgehead atoms. The van der Waals surface area contributed by atoms with Gasteiger partial charge in [-0.15, -0.1) is 0 Å².